The molecule has 0 unspecified atom stereocenters. The summed E-state index contributed by atoms with van der Waals surface area (Å²) in [5, 5.41) is 0. The molecule has 1 aromatic rings. The summed E-state index contributed by atoms with van der Waals surface area (Å²) < 4.78 is 5.72. The number of carbonyl (C=O) groups excluding carboxylic acids is 1. The van der Waals surface area contributed by atoms with Crippen molar-refractivity contribution in [3.05, 3.63) is 47.0 Å². The lowest BCUT2D eigenvalue weighted by Crippen LogP contribution is -2.46. The average molecular weight is 330 g/mol. The summed E-state index contributed by atoms with van der Waals surface area (Å²) in [6.45, 7) is 9.15. The fourth-order valence-corrected chi connectivity index (χ4v) is 4.16. The first-order chi connectivity index (χ1) is 11.2. The Bertz CT molecular complexity index is 601. The lowest BCUT2D eigenvalue weighted by Gasteiger charge is -2.40. The van der Waals surface area contributed by atoms with Gasteiger partial charge in [0.25, 0.3) is 0 Å². The van der Waals surface area contributed by atoms with Gasteiger partial charge < -0.3 is 9.22 Å². The maximum absolute atomic E-state index is 11.5. The van der Waals surface area contributed by atoms with Crippen molar-refractivity contribution < 1.29 is 14.0 Å². The second-order valence-electron chi connectivity index (χ2n) is 8.18. The van der Waals surface area contributed by atoms with Crippen LogP contribution in [0.3, 0.4) is 0 Å². The molecule has 1 aromatic carbocycles. The Kier molecular flexibility index (Phi) is 5.87. The lowest BCUT2D eigenvalue weighted by atomic mass is 9.74. The van der Waals surface area contributed by atoms with E-state index in [1.54, 1.807) is 0 Å². The van der Waals surface area contributed by atoms with Crippen molar-refractivity contribution >= 4 is 5.97 Å². The highest BCUT2D eigenvalue weighted by atomic mass is 16.5. The van der Waals surface area contributed by atoms with Gasteiger partial charge in [-0.15, -0.1) is 0 Å². The van der Waals surface area contributed by atoms with Gasteiger partial charge in [-0.1, -0.05) is 37.6 Å². The highest BCUT2D eigenvalue weighted by Gasteiger charge is 2.32. The van der Waals surface area contributed by atoms with Gasteiger partial charge in [0.15, 0.2) is 0 Å². The van der Waals surface area contributed by atoms with E-state index in [4.69, 9.17) is 4.74 Å². The van der Waals surface area contributed by atoms with Gasteiger partial charge >= 0.3 is 5.97 Å². The van der Waals surface area contributed by atoms with Crippen LogP contribution in [0.5, 0.6) is 0 Å². The molecule has 0 radical (unpaired) electrons. The van der Waals surface area contributed by atoms with Crippen molar-refractivity contribution in [1.29, 1.82) is 0 Å². The van der Waals surface area contributed by atoms with E-state index in [0.29, 0.717) is 11.5 Å². The second-order valence-corrected chi connectivity index (χ2v) is 8.18. The molecule has 132 valence electrons. The van der Waals surface area contributed by atoms with E-state index in [1.807, 2.05) is 24.3 Å². The van der Waals surface area contributed by atoms with E-state index >= 15 is 0 Å². The maximum atomic E-state index is 11.5. The number of hydrogen-bond acceptors (Lipinski definition) is 2. The number of allylic oxidation sites excluding steroid dienone is 2. The van der Waals surface area contributed by atoms with Crippen LogP contribution < -0.4 is 0 Å². The second kappa shape index (κ2) is 7.52. The maximum Gasteiger partial charge on any atom is 0.337 e. The molecule has 0 amide bonds. The number of ether oxygens (including phenoxy) is 1. The van der Waals surface area contributed by atoms with Crippen molar-refractivity contribution in [3.8, 4) is 0 Å². The number of rotatable bonds is 5. The molecule has 1 aliphatic rings. The van der Waals surface area contributed by atoms with Gasteiger partial charge in [0, 0.05) is 11.5 Å². The van der Waals surface area contributed by atoms with Crippen molar-refractivity contribution in [1.82, 2.24) is 0 Å². The molecular formula is C21H32NO2+. The molecule has 0 bridgehead atoms. The minimum atomic E-state index is -0.276. The molecule has 24 heavy (non-hydrogen) atoms. The SMILES string of the molecule is COC(=O)c1ccc(C[N+](C)(C)C[C@H]2[C@H](C)CC(C)=C[C@@H]2C)cc1. The van der Waals surface area contributed by atoms with Gasteiger partial charge in [-0.2, -0.15) is 0 Å². The van der Waals surface area contributed by atoms with Gasteiger partial charge in [0.2, 0.25) is 0 Å². The van der Waals surface area contributed by atoms with Crippen LogP contribution in [-0.2, 0) is 11.3 Å². The van der Waals surface area contributed by atoms with Crippen molar-refractivity contribution in [2.45, 2.75) is 33.7 Å². The summed E-state index contributed by atoms with van der Waals surface area (Å²) in [4.78, 5) is 11.5. The Hall–Kier alpha value is -1.61. The van der Waals surface area contributed by atoms with Crippen LogP contribution in [0.1, 0.15) is 43.1 Å². The predicted octanol–water partition coefficient (Wildman–Crippen LogP) is 4.29. The van der Waals surface area contributed by atoms with Crippen LogP contribution >= 0.6 is 0 Å². The Morgan fingerprint density at radius 2 is 1.83 bits per heavy atom. The molecule has 3 nitrogen and oxygen atoms in total. The molecule has 0 saturated heterocycles. The summed E-state index contributed by atoms with van der Waals surface area (Å²) in [6, 6.07) is 7.81. The number of nitrogens with zero attached hydrogens (tertiary/aromatic N) is 1. The topological polar surface area (TPSA) is 26.3 Å². The number of quaternary nitrogens is 1. The highest BCUT2D eigenvalue weighted by Crippen LogP contribution is 2.35. The van der Waals surface area contributed by atoms with Gasteiger partial charge in [-0.3, -0.25) is 0 Å². The molecule has 0 heterocycles. The lowest BCUT2D eigenvalue weighted by molar-refractivity contribution is -0.907. The average Bonchev–Trinajstić information content (AvgIpc) is 2.50. The third-order valence-electron chi connectivity index (χ3n) is 5.29. The van der Waals surface area contributed by atoms with E-state index in [0.717, 1.165) is 22.9 Å². The molecule has 0 aliphatic heterocycles. The van der Waals surface area contributed by atoms with Crippen LogP contribution in [-0.4, -0.2) is 38.2 Å². The third kappa shape index (κ3) is 4.70. The molecule has 1 aliphatic carbocycles. The first kappa shape index (κ1) is 18.7. The van der Waals surface area contributed by atoms with Gasteiger partial charge in [-0.05, 0) is 37.3 Å². The van der Waals surface area contributed by atoms with Crippen molar-refractivity contribution in [2.24, 2.45) is 17.8 Å². The minimum absolute atomic E-state index is 0.276. The fourth-order valence-electron chi connectivity index (χ4n) is 4.16. The molecule has 0 fully saturated rings. The van der Waals surface area contributed by atoms with Crippen LogP contribution in [0.4, 0.5) is 0 Å². The summed E-state index contributed by atoms with van der Waals surface area (Å²) in [5.41, 5.74) is 3.41. The van der Waals surface area contributed by atoms with Crippen LogP contribution in [0, 0.1) is 17.8 Å². The molecule has 3 atom stereocenters. The fraction of sp³-hybridized carbons (Fsp3) is 0.571. The Labute approximate surface area is 146 Å². The molecule has 0 spiro atoms. The third-order valence-corrected chi connectivity index (χ3v) is 5.29. The monoisotopic (exact) mass is 330 g/mol. The first-order valence-electron chi connectivity index (χ1n) is 8.88. The quantitative estimate of drug-likeness (QED) is 0.457. The summed E-state index contributed by atoms with van der Waals surface area (Å²) in [6.07, 6.45) is 3.68. The molecular weight excluding hydrogens is 298 g/mol. The smallest absolute Gasteiger partial charge is 0.337 e. The zero-order valence-electron chi connectivity index (χ0n) is 16.0. The van der Waals surface area contributed by atoms with Crippen molar-refractivity contribution in [2.75, 3.05) is 27.7 Å². The van der Waals surface area contributed by atoms with E-state index < -0.39 is 0 Å². The Balaban J connectivity index is 2.04. The first-order valence-corrected chi connectivity index (χ1v) is 8.88. The summed E-state index contributed by atoms with van der Waals surface area (Å²) in [7, 11) is 6.02. The number of carbonyl (C=O) groups is 1. The van der Waals surface area contributed by atoms with Crippen LogP contribution in [0.25, 0.3) is 0 Å². The van der Waals surface area contributed by atoms with E-state index in [-0.39, 0.29) is 5.97 Å². The van der Waals surface area contributed by atoms with Crippen LogP contribution in [0.15, 0.2) is 35.9 Å². The standard InChI is InChI=1S/C21H32NO2/c1-15-11-16(2)20(17(3)12-15)14-22(4,5)13-18-7-9-19(10-8-18)21(23)24-6/h7-11,16-17,20H,12-14H2,1-6H3/q+1/t16-,17+,20+/m0/s1. The molecule has 0 aromatic heterocycles. The molecule has 2 rings (SSSR count). The zero-order chi connectivity index (χ0) is 17.9. The summed E-state index contributed by atoms with van der Waals surface area (Å²) in [5.74, 6) is 1.83. The van der Waals surface area contributed by atoms with E-state index in [9.17, 15) is 4.79 Å². The molecule has 0 N–H and O–H groups in total. The normalized spacial score (nSPS) is 24.4. The summed E-state index contributed by atoms with van der Waals surface area (Å²) >= 11 is 0. The highest BCUT2D eigenvalue weighted by molar-refractivity contribution is 5.89. The van der Waals surface area contributed by atoms with Crippen molar-refractivity contribution in [3.63, 3.8) is 0 Å². The predicted molar refractivity (Wildman–Crippen MR) is 98.7 cm³/mol. The number of benzene rings is 1. The Morgan fingerprint density at radius 1 is 1.21 bits per heavy atom. The Morgan fingerprint density at radius 3 is 2.38 bits per heavy atom. The number of methoxy groups -OCH3 is 1. The zero-order valence-corrected chi connectivity index (χ0v) is 16.0. The van der Waals surface area contributed by atoms with E-state index in [2.05, 4.69) is 40.9 Å². The number of esters is 1. The molecule has 3 heteroatoms. The largest absolute Gasteiger partial charge is 0.465 e. The van der Waals surface area contributed by atoms with E-state index in [1.165, 1.54) is 31.2 Å². The van der Waals surface area contributed by atoms with Gasteiger partial charge in [0.05, 0.1) is 33.3 Å². The number of hydrogen-bond donors (Lipinski definition) is 0. The van der Waals surface area contributed by atoms with Crippen LogP contribution in [0.2, 0.25) is 0 Å². The minimum Gasteiger partial charge on any atom is -0.465 e. The van der Waals surface area contributed by atoms with Gasteiger partial charge in [-0.25, -0.2) is 4.79 Å². The van der Waals surface area contributed by atoms with Gasteiger partial charge in [0.1, 0.15) is 6.54 Å². The molecule has 0 saturated carbocycles.